The van der Waals surface area contributed by atoms with Gasteiger partial charge in [0.15, 0.2) is 4.67 Å². The van der Waals surface area contributed by atoms with Gasteiger partial charge in [0.25, 0.3) is 0 Å². The van der Waals surface area contributed by atoms with Gasteiger partial charge in [-0.15, -0.1) is 0 Å². The van der Waals surface area contributed by atoms with E-state index >= 15 is 0 Å². The largest absolute Gasteiger partial charge is 0.466 e. The third-order valence-corrected chi connectivity index (χ3v) is 2.06. The molecule has 6 heteroatoms. The highest BCUT2D eigenvalue weighted by Crippen LogP contribution is 2.14. The first kappa shape index (κ1) is 12.8. The molecule has 0 unspecified atom stereocenters. The molecule has 1 aromatic rings. The van der Waals surface area contributed by atoms with Gasteiger partial charge in [0, 0.05) is 6.07 Å². The van der Waals surface area contributed by atoms with Crippen LogP contribution < -0.4 is 0 Å². The molecule has 16 heavy (non-hydrogen) atoms. The highest BCUT2D eigenvalue weighted by atomic mass is 79.9. The molecular formula is C10H11BrO5. The first-order valence-electron chi connectivity index (χ1n) is 4.70. The standard InChI is InChI=1S/C10H11BrO5/c1-2-14-9(12)3-4-15-10(13)7-5-8(11)16-6-7/h5-6H,2-4H2,1H3. The zero-order valence-corrected chi connectivity index (χ0v) is 10.3. The molecule has 1 rings (SSSR count). The van der Waals surface area contributed by atoms with Gasteiger partial charge in [-0.05, 0) is 22.9 Å². The lowest BCUT2D eigenvalue weighted by molar-refractivity contribution is -0.143. The Labute approximate surface area is 101 Å². The van der Waals surface area contributed by atoms with E-state index in [1.165, 1.54) is 12.3 Å². The van der Waals surface area contributed by atoms with Crippen molar-refractivity contribution in [1.29, 1.82) is 0 Å². The van der Waals surface area contributed by atoms with E-state index < -0.39 is 5.97 Å². The van der Waals surface area contributed by atoms with Crippen LogP contribution in [0.2, 0.25) is 0 Å². The predicted octanol–water partition coefficient (Wildman–Crippen LogP) is 2.15. The van der Waals surface area contributed by atoms with Gasteiger partial charge in [0.1, 0.15) is 12.9 Å². The lowest BCUT2D eigenvalue weighted by Crippen LogP contribution is -2.11. The maximum Gasteiger partial charge on any atom is 0.341 e. The Morgan fingerprint density at radius 2 is 2.19 bits per heavy atom. The van der Waals surface area contributed by atoms with Gasteiger partial charge in [0.2, 0.25) is 0 Å². The number of halogens is 1. The second-order valence-electron chi connectivity index (χ2n) is 2.83. The molecular weight excluding hydrogens is 280 g/mol. The smallest absolute Gasteiger partial charge is 0.341 e. The normalized spacial score (nSPS) is 9.88. The Bertz CT molecular complexity index is 371. The van der Waals surface area contributed by atoms with Crippen LogP contribution in [0, 0.1) is 0 Å². The Kier molecular flexibility index (Phi) is 5.04. The number of carbonyl (C=O) groups excluding carboxylic acids is 2. The van der Waals surface area contributed by atoms with Crippen molar-refractivity contribution >= 4 is 27.9 Å². The number of hydrogen-bond acceptors (Lipinski definition) is 5. The summed E-state index contributed by atoms with van der Waals surface area (Å²) in [7, 11) is 0. The molecule has 0 aliphatic rings. The second kappa shape index (κ2) is 6.32. The molecule has 0 aliphatic carbocycles. The monoisotopic (exact) mass is 290 g/mol. The van der Waals surface area contributed by atoms with Crippen LogP contribution in [0.3, 0.4) is 0 Å². The second-order valence-corrected chi connectivity index (χ2v) is 3.61. The molecule has 0 saturated heterocycles. The topological polar surface area (TPSA) is 65.7 Å². The summed E-state index contributed by atoms with van der Waals surface area (Å²) in [6, 6.07) is 1.49. The van der Waals surface area contributed by atoms with Crippen LogP contribution in [0.15, 0.2) is 21.4 Å². The van der Waals surface area contributed by atoms with Crippen molar-refractivity contribution in [3.63, 3.8) is 0 Å². The zero-order valence-electron chi connectivity index (χ0n) is 8.70. The SMILES string of the molecule is CCOC(=O)CCOC(=O)c1coc(Br)c1. The third kappa shape index (κ3) is 4.06. The summed E-state index contributed by atoms with van der Waals surface area (Å²) < 4.78 is 14.8. The minimum absolute atomic E-state index is 0.000462. The van der Waals surface area contributed by atoms with Crippen molar-refractivity contribution in [3.05, 3.63) is 22.6 Å². The Balaban J connectivity index is 2.28. The minimum Gasteiger partial charge on any atom is -0.466 e. The molecule has 0 atom stereocenters. The third-order valence-electron chi connectivity index (χ3n) is 1.65. The zero-order chi connectivity index (χ0) is 12.0. The molecule has 0 bridgehead atoms. The number of hydrogen-bond donors (Lipinski definition) is 0. The van der Waals surface area contributed by atoms with Gasteiger partial charge in [-0.3, -0.25) is 4.79 Å². The summed E-state index contributed by atoms with van der Waals surface area (Å²) in [6.45, 7) is 2.04. The van der Waals surface area contributed by atoms with Crippen molar-refractivity contribution in [2.75, 3.05) is 13.2 Å². The lowest BCUT2D eigenvalue weighted by atomic mass is 10.3. The van der Waals surface area contributed by atoms with Gasteiger partial charge in [-0.1, -0.05) is 0 Å². The maximum atomic E-state index is 11.3. The summed E-state index contributed by atoms with van der Waals surface area (Å²) in [5, 5.41) is 0. The summed E-state index contributed by atoms with van der Waals surface area (Å²) in [5.41, 5.74) is 0.302. The van der Waals surface area contributed by atoms with E-state index in [1.807, 2.05) is 0 Å². The Morgan fingerprint density at radius 3 is 2.75 bits per heavy atom. The van der Waals surface area contributed by atoms with E-state index in [2.05, 4.69) is 20.7 Å². The molecule has 88 valence electrons. The Hall–Kier alpha value is -1.30. The molecule has 1 heterocycles. The van der Waals surface area contributed by atoms with E-state index in [-0.39, 0.29) is 19.0 Å². The quantitative estimate of drug-likeness (QED) is 0.778. The average Bonchev–Trinajstić information content (AvgIpc) is 2.65. The van der Waals surface area contributed by atoms with Crippen LogP contribution >= 0.6 is 15.9 Å². The van der Waals surface area contributed by atoms with Crippen molar-refractivity contribution < 1.29 is 23.5 Å². The fraction of sp³-hybridized carbons (Fsp3) is 0.400. The van der Waals surface area contributed by atoms with E-state index in [9.17, 15) is 9.59 Å². The average molecular weight is 291 g/mol. The van der Waals surface area contributed by atoms with Crippen LogP contribution in [-0.2, 0) is 14.3 Å². The van der Waals surface area contributed by atoms with Crippen molar-refractivity contribution in [2.24, 2.45) is 0 Å². The van der Waals surface area contributed by atoms with Crippen molar-refractivity contribution in [3.8, 4) is 0 Å². The molecule has 0 fully saturated rings. The minimum atomic E-state index is -0.529. The lowest BCUT2D eigenvalue weighted by Gasteiger charge is -2.02. The fourth-order valence-electron chi connectivity index (χ4n) is 0.961. The molecule has 0 aliphatic heterocycles. The predicted molar refractivity (Wildman–Crippen MR) is 57.9 cm³/mol. The van der Waals surface area contributed by atoms with Gasteiger partial charge in [-0.25, -0.2) is 4.79 Å². The van der Waals surface area contributed by atoms with E-state index in [4.69, 9.17) is 9.15 Å². The molecule has 1 aromatic heterocycles. The first-order valence-corrected chi connectivity index (χ1v) is 5.49. The fourth-order valence-corrected chi connectivity index (χ4v) is 1.30. The van der Waals surface area contributed by atoms with Crippen LogP contribution in [0.1, 0.15) is 23.7 Å². The van der Waals surface area contributed by atoms with E-state index in [1.54, 1.807) is 6.92 Å². The van der Waals surface area contributed by atoms with Gasteiger partial charge in [0.05, 0.1) is 18.6 Å². The van der Waals surface area contributed by atoms with Crippen LogP contribution in [0.25, 0.3) is 0 Å². The molecule has 0 aromatic carbocycles. The van der Waals surface area contributed by atoms with Crippen molar-refractivity contribution in [2.45, 2.75) is 13.3 Å². The molecule has 0 amide bonds. The number of ether oxygens (including phenoxy) is 2. The van der Waals surface area contributed by atoms with E-state index in [0.717, 1.165) is 0 Å². The highest BCUT2D eigenvalue weighted by molar-refractivity contribution is 9.10. The highest BCUT2D eigenvalue weighted by Gasteiger charge is 2.11. The van der Waals surface area contributed by atoms with Gasteiger partial charge >= 0.3 is 11.9 Å². The summed E-state index contributed by atoms with van der Waals surface area (Å²) >= 11 is 3.06. The molecule has 0 saturated carbocycles. The summed E-state index contributed by atoms with van der Waals surface area (Å²) in [4.78, 5) is 22.3. The molecule has 5 nitrogen and oxygen atoms in total. The molecule has 0 spiro atoms. The van der Waals surface area contributed by atoms with Crippen LogP contribution in [0.5, 0.6) is 0 Å². The Morgan fingerprint density at radius 1 is 1.44 bits per heavy atom. The number of furan rings is 1. The summed E-state index contributed by atoms with van der Waals surface area (Å²) in [5.74, 6) is -0.914. The number of carbonyl (C=O) groups is 2. The molecule has 0 N–H and O–H groups in total. The van der Waals surface area contributed by atoms with Crippen LogP contribution in [-0.4, -0.2) is 25.2 Å². The molecule has 0 radical (unpaired) electrons. The van der Waals surface area contributed by atoms with Crippen LogP contribution in [0.4, 0.5) is 0 Å². The van der Waals surface area contributed by atoms with Crippen molar-refractivity contribution in [1.82, 2.24) is 0 Å². The van der Waals surface area contributed by atoms with Gasteiger partial charge < -0.3 is 13.9 Å². The first-order chi connectivity index (χ1) is 7.63. The number of esters is 2. The van der Waals surface area contributed by atoms with E-state index in [0.29, 0.717) is 16.8 Å². The van der Waals surface area contributed by atoms with Gasteiger partial charge in [-0.2, -0.15) is 0 Å². The summed E-state index contributed by atoms with van der Waals surface area (Å²) in [6.07, 6.45) is 1.33. The number of rotatable bonds is 5. The maximum absolute atomic E-state index is 11.3.